The summed E-state index contributed by atoms with van der Waals surface area (Å²) in [4.78, 5) is 29.3. The molecular formula is C31H35ClN2O5. The third-order valence-corrected chi connectivity index (χ3v) is 7.12. The van der Waals surface area contributed by atoms with Gasteiger partial charge in [0.05, 0.1) is 26.7 Å². The van der Waals surface area contributed by atoms with Crippen LogP contribution in [0.2, 0.25) is 5.02 Å². The van der Waals surface area contributed by atoms with Crippen LogP contribution in [0, 0.1) is 0 Å². The molecule has 1 fully saturated rings. The highest BCUT2D eigenvalue weighted by Crippen LogP contribution is 2.28. The molecule has 1 aliphatic rings. The molecule has 0 aliphatic carbocycles. The zero-order valence-electron chi connectivity index (χ0n) is 22.4. The Hall–Kier alpha value is -3.55. The standard InChI is InChI=1S/C31H35ClN2O5/c1-37-28-15-12-24(18-29(28)38-2)19-30(35)34(21-23-10-13-25(32)14-11-23)27(17-22-7-4-3-5-8-22)31(36)33-20-26-9-6-16-39-26/h3-5,7-8,10-15,18,26-27H,6,9,16-17,19-21H2,1-2H3,(H,33,36)/t26-,27+/m1/s1. The average molecular weight is 551 g/mol. The molecule has 1 saturated heterocycles. The Morgan fingerprint density at radius 3 is 2.36 bits per heavy atom. The highest BCUT2D eigenvalue weighted by atomic mass is 35.5. The fourth-order valence-corrected chi connectivity index (χ4v) is 4.87. The van der Waals surface area contributed by atoms with E-state index in [1.807, 2.05) is 48.5 Å². The van der Waals surface area contributed by atoms with Crippen LogP contribution in [0.5, 0.6) is 11.5 Å². The summed E-state index contributed by atoms with van der Waals surface area (Å²) in [5.41, 5.74) is 2.61. The molecule has 7 nitrogen and oxygen atoms in total. The van der Waals surface area contributed by atoms with Gasteiger partial charge in [-0.3, -0.25) is 9.59 Å². The van der Waals surface area contributed by atoms with Gasteiger partial charge in [-0.05, 0) is 53.8 Å². The third-order valence-electron chi connectivity index (χ3n) is 6.87. The van der Waals surface area contributed by atoms with Gasteiger partial charge in [0, 0.05) is 31.1 Å². The van der Waals surface area contributed by atoms with Crippen LogP contribution < -0.4 is 14.8 Å². The number of hydrogen-bond donors (Lipinski definition) is 1. The van der Waals surface area contributed by atoms with Crippen molar-refractivity contribution < 1.29 is 23.8 Å². The van der Waals surface area contributed by atoms with Gasteiger partial charge in [0.15, 0.2) is 11.5 Å². The number of carbonyl (C=O) groups is 2. The number of carbonyl (C=O) groups excluding carboxylic acids is 2. The van der Waals surface area contributed by atoms with Gasteiger partial charge >= 0.3 is 0 Å². The number of ether oxygens (including phenoxy) is 3. The summed E-state index contributed by atoms with van der Waals surface area (Å²) in [6, 6.07) is 21.8. The third kappa shape index (κ3) is 7.97. The van der Waals surface area contributed by atoms with E-state index in [0.29, 0.717) is 36.1 Å². The minimum atomic E-state index is -0.725. The number of methoxy groups -OCH3 is 2. The van der Waals surface area contributed by atoms with Crippen LogP contribution in [-0.4, -0.2) is 56.2 Å². The number of hydrogen-bond acceptors (Lipinski definition) is 5. The second-order valence-electron chi connectivity index (χ2n) is 9.60. The van der Waals surface area contributed by atoms with Gasteiger partial charge in [-0.15, -0.1) is 0 Å². The molecule has 0 unspecified atom stereocenters. The molecule has 2 atom stereocenters. The number of nitrogens with one attached hydrogen (secondary N) is 1. The highest BCUT2D eigenvalue weighted by molar-refractivity contribution is 6.30. The lowest BCUT2D eigenvalue weighted by molar-refractivity contribution is -0.141. The fraction of sp³-hybridized carbons (Fsp3) is 0.355. The minimum Gasteiger partial charge on any atom is -0.493 e. The Bertz CT molecular complexity index is 1230. The van der Waals surface area contributed by atoms with E-state index in [2.05, 4.69) is 5.32 Å². The summed E-state index contributed by atoms with van der Waals surface area (Å²) in [6.07, 6.45) is 2.37. The van der Waals surface area contributed by atoms with Crippen LogP contribution in [-0.2, 0) is 33.7 Å². The maximum Gasteiger partial charge on any atom is 0.243 e. The van der Waals surface area contributed by atoms with Crippen molar-refractivity contribution >= 4 is 23.4 Å². The molecule has 2 amide bonds. The van der Waals surface area contributed by atoms with E-state index in [-0.39, 0.29) is 30.9 Å². The maximum absolute atomic E-state index is 14.0. The fourth-order valence-electron chi connectivity index (χ4n) is 4.74. The van der Waals surface area contributed by atoms with Gasteiger partial charge in [0.25, 0.3) is 0 Å². The molecule has 3 aromatic carbocycles. The summed E-state index contributed by atoms with van der Waals surface area (Å²) in [5.74, 6) is 0.749. The van der Waals surface area contributed by atoms with Crippen LogP contribution in [0.25, 0.3) is 0 Å². The van der Waals surface area contributed by atoms with E-state index in [9.17, 15) is 9.59 Å². The number of rotatable bonds is 12. The average Bonchev–Trinajstić information content (AvgIpc) is 3.49. The Labute approximate surface area is 235 Å². The summed E-state index contributed by atoms with van der Waals surface area (Å²) >= 11 is 6.12. The number of amides is 2. The summed E-state index contributed by atoms with van der Waals surface area (Å²) in [6.45, 7) is 1.39. The molecule has 1 N–H and O–H groups in total. The zero-order valence-corrected chi connectivity index (χ0v) is 23.2. The van der Waals surface area contributed by atoms with Crippen molar-refractivity contribution in [2.45, 2.75) is 44.4 Å². The van der Waals surface area contributed by atoms with Crippen molar-refractivity contribution in [2.75, 3.05) is 27.4 Å². The lowest BCUT2D eigenvalue weighted by Gasteiger charge is -2.32. The van der Waals surface area contributed by atoms with Gasteiger partial charge in [-0.2, -0.15) is 0 Å². The Morgan fingerprint density at radius 2 is 1.69 bits per heavy atom. The van der Waals surface area contributed by atoms with Gasteiger partial charge in [-0.1, -0.05) is 60.1 Å². The van der Waals surface area contributed by atoms with Crippen LogP contribution in [0.4, 0.5) is 0 Å². The van der Waals surface area contributed by atoms with Crippen molar-refractivity contribution in [1.82, 2.24) is 10.2 Å². The Kier molecular flexibility index (Phi) is 10.2. The smallest absolute Gasteiger partial charge is 0.243 e. The zero-order chi connectivity index (χ0) is 27.6. The van der Waals surface area contributed by atoms with Crippen LogP contribution in [0.3, 0.4) is 0 Å². The van der Waals surface area contributed by atoms with E-state index in [1.165, 1.54) is 0 Å². The van der Waals surface area contributed by atoms with Gasteiger partial charge < -0.3 is 24.4 Å². The second-order valence-corrected chi connectivity index (χ2v) is 10.0. The molecule has 206 valence electrons. The van der Waals surface area contributed by atoms with E-state index in [1.54, 1.807) is 43.4 Å². The van der Waals surface area contributed by atoms with E-state index in [0.717, 1.165) is 29.5 Å². The first-order chi connectivity index (χ1) is 19.0. The SMILES string of the molecule is COc1ccc(CC(=O)N(Cc2ccc(Cl)cc2)[C@@H](Cc2ccccc2)C(=O)NC[C@H]2CCCO2)cc1OC. The predicted molar refractivity (Wildman–Crippen MR) is 151 cm³/mol. The van der Waals surface area contributed by atoms with Gasteiger partial charge in [-0.25, -0.2) is 0 Å². The van der Waals surface area contributed by atoms with E-state index < -0.39 is 6.04 Å². The van der Waals surface area contributed by atoms with E-state index >= 15 is 0 Å². The summed E-state index contributed by atoms with van der Waals surface area (Å²) in [7, 11) is 3.13. The molecule has 0 spiro atoms. The van der Waals surface area contributed by atoms with Crippen molar-refractivity contribution in [2.24, 2.45) is 0 Å². The normalized spacial score (nSPS) is 15.4. The molecule has 0 bridgehead atoms. The first-order valence-electron chi connectivity index (χ1n) is 13.1. The molecule has 0 saturated carbocycles. The van der Waals surface area contributed by atoms with E-state index in [4.69, 9.17) is 25.8 Å². The molecular weight excluding hydrogens is 516 g/mol. The maximum atomic E-state index is 14.0. The summed E-state index contributed by atoms with van der Waals surface area (Å²) in [5, 5.41) is 3.67. The topological polar surface area (TPSA) is 77.1 Å². The predicted octanol–water partition coefficient (Wildman–Crippen LogP) is 4.84. The van der Waals surface area contributed by atoms with Crippen molar-refractivity contribution in [1.29, 1.82) is 0 Å². The monoisotopic (exact) mass is 550 g/mol. The highest BCUT2D eigenvalue weighted by Gasteiger charge is 2.31. The molecule has 1 aliphatic heterocycles. The molecule has 0 aromatic heterocycles. The summed E-state index contributed by atoms with van der Waals surface area (Å²) < 4.78 is 16.5. The number of benzene rings is 3. The van der Waals surface area contributed by atoms with Crippen molar-refractivity contribution in [3.8, 4) is 11.5 Å². The van der Waals surface area contributed by atoms with Crippen LogP contribution >= 0.6 is 11.6 Å². The van der Waals surface area contributed by atoms with Crippen LogP contribution in [0.15, 0.2) is 72.8 Å². The molecule has 1 heterocycles. The quantitative estimate of drug-likeness (QED) is 0.349. The first-order valence-corrected chi connectivity index (χ1v) is 13.5. The van der Waals surface area contributed by atoms with Gasteiger partial charge in [0.2, 0.25) is 11.8 Å². The Balaban J connectivity index is 1.63. The molecule has 4 rings (SSSR count). The molecule has 0 radical (unpaired) electrons. The van der Waals surface area contributed by atoms with Crippen LogP contribution in [0.1, 0.15) is 29.5 Å². The Morgan fingerprint density at radius 1 is 0.974 bits per heavy atom. The second kappa shape index (κ2) is 14.0. The van der Waals surface area contributed by atoms with Gasteiger partial charge in [0.1, 0.15) is 6.04 Å². The number of nitrogens with zero attached hydrogens (tertiary/aromatic N) is 1. The van der Waals surface area contributed by atoms with Crippen molar-refractivity contribution in [3.63, 3.8) is 0 Å². The lowest BCUT2D eigenvalue weighted by Crippen LogP contribution is -2.52. The number of halogens is 1. The minimum absolute atomic E-state index is 0.00138. The molecule has 8 heteroatoms. The van der Waals surface area contributed by atoms with Crippen molar-refractivity contribution in [3.05, 3.63) is 94.5 Å². The lowest BCUT2D eigenvalue weighted by atomic mass is 10.0. The largest absolute Gasteiger partial charge is 0.493 e. The first kappa shape index (κ1) is 28.5. The molecule has 3 aromatic rings. The molecule has 39 heavy (non-hydrogen) atoms.